The molecule has 1 fully saturated rings. The van der Waals surface area contributed by atoms with Crippen LogP contribution in [0.4, 0.5) is 0 Å². The van der Waals surface area contributed by atoms with Crippen LogP contribution in [0.25, 0.3) is 6.08 Å². The highest BCUT2D eigenvalue weighted by Crippen LogP contribution is 2.37. The number of carbonyl (C=O) groups excluding carboxylic acids is 3. The molecule has 0 bridgehead atoms. The van der Waals surface area contributed by atoms with Crippen molar-refractivity contribution in [2.24, 2.45) is 5.41 Å². The van der Waals surface area contributed by atoms with Gasteiger partial charge in [-0.3, -0.25) is 14.4 Å². The van der Waals surface area contributed by atoms with Gasteiger partial charge in [-0.1, -0.05) is 36.4 Å². The van der Waals surface area contributed by atoms with E-state index in [1.807, 2.05) is 30.3 Å². The SMILES string of the molecule is CC(=O)C1(C(=O)/C=C/c2ccccc2)CCCC1=O. The molecule has 0 heterocycles. The highest BCUT2D eigenvalue weighted by atomic mass is 16.2. The molecule has 19 heavy (non-hydrogen) atoms. The number of carbonyl (C=O) groups is 3. The molecule has 1 aliphatic rings. The summed E-state index contributed by atoms with van der Waals surface area (Å²) >= 11 is 0. The fraction of sp³-hybridized carbons (Fsp3) is 0.312. The molecule has 2 rings (SSSR count). The van der Waals surface area contributed by atoms with E-state index in [0.29, 0.717) is 19.3 Å². The minimum Gasteiger partial charge on any atom is -0.298 e. The third-order valence-electron chi connectivity index (χ3n) is 3.68. The third kappa shape index (κ3) is 2.41. The Morgan fingerprint density at radius 3 is 2.42 bits per heavy atom. The maximum absolute atomic E-state index is 12.3. The molecular formula is C16H16O3. The van der Waals surface area contributed by atoms with Crippen molar-refractivity contribution in [3.8, 4) is 0 Å². The highest BCUT2D eigenvalue weighted by Gasteiger charge is 2.51. The van der Waals surface area contributed by atoms with Crippen LogP contribution in [0.5, 0.6) is 0 Å². The zero-order valence-electron chi connectivity index (χ0n) is 10.9. The van der Waals surface area contributed by atoms with Crippen molar-refractivity contribution in [1.29, 1.82) is 0 Å². The van der Waals surface area contributed by atoms with Crippen molar-refractivity contribution < 1.29 is 14.4 Å². The van der Waals surface area contributed by atoms with Crippen molar-refractivity contribution in [1.82, 2.24) is 0 Å². The molecule has 1 aromatic carbocycles. The van der Waals surface area contributed by atoms with Gasteiger partial charge in [-0.15, -0.1) is 0 Å². The van der Waals surface area contributed by atoms with Crippen LogP contribution >= 0.6 is 0 Å². The zero-order chi connectivity index (χ0) is 13.9. The molecule has 1 atom stereocenters. The number of Topliss-reactive ketones (excluding diaryl/α,β-unsaturated/α-hetero) is 2. The van der Waals surface area contributed by atoms with Gasteiger partial charge in [-0.2, -0.15) is 0 Å². The molecular weight excluding hydrogens is 240 g/mol. The van der Waals surface area contributed by atoms with Crippen molar-refractivity contribution in [3.63, 3.8) is 0 Å². The van der Waals surface area contributed by atoms with Crippen LogP contribution in [0, 0.1) is 5.41 Å². The van der Waals surface area contributed by atoms with Gasteiger partial charge in [0.25, 0.3) is 0 Å². The maximum Gasteiger partial charge on any atom is 0.176 e. The van der Waals surface area contributed by atoms with E-state index in [1.165, 1.54) is 13.0 Å². The summed E-state index contributed by atoms with van der Waals surface area (Å²) in [5.41, 5.74) is -0.536. The predicted molar refractivity (Wildman–Crippen MR) is 72.5 cm³/mol. The van der Waals surface area contributed by atoms with Gasteiger partial charge in [0.05, 0.1) is 0 Å². The molecule has 0 amide bonds. The Morgan fingerprint density at radius 2 is 1.89 bits per heavy atom. The Morgan fingerprint density at radius 1 is 1.21 bits per heavy atom. The Labute approximate surface area is 112 Å². The molecule has 98 valence electrons. The number of ketones is 3. The standard InChI is InChI=1S/C16H16O3/c1-12(17)16(11-5-8-14(16)18)15(19)10-9-13-6-3-2-4-7-13/h2-4,6-7,9-10H,5,8,11H2,1H3/b10-9+. The first-order valence-electron chi connectivity index (χ1n) is 6.39. The monoisotopic (exact) mass is 256 g/mol. The summed E-state index contributed by atoms with van der Waals surface area (Å²) < 4.78 is 0. The molecule has 1 saturated carbocycles. The van der Waals surface area contributed by atoms with E-state index < -0.39 is 5.41 Å². The van der Waals surface area contributed by atoms with Gasteiger partial charge in [0.2, 0.25) is 0 Å². The molecule has 0 N–H and O–H groups in total. The van der Waals surface area contributed by atoms with Crippen LogP contribution < -0.4 is 0 Å². The van der Waals surface area contributed by atoms with Crippen molar-refractivity contribution >= 4 is 23.4 Å². The van der Waals surface area contributed by atoms with Crippen LogP contribution in [0.15, 0.2) is 36.4 Å². The summed E-state index contributed by atoms with van der Waals surface area (Å²) in [6.45, 7) is 1.33. The first kappa shape index (κ1) is 13.4. The zero-order valence-corrected chi connectivity index (χ0v) is 10.9. The normalized spacial score (nSPS) is 22.9. The second kappa shape index (κ2) is 5.31. The van der Waals surface area contributed by atoms with Gasteiger partial charge in [0.1, 0.15) is 5.41 Å². The Bertz CT molecular complexity index is 542. The van der Waals surface area contributed by atoms with Crippen molar-refractivity contribution in [2.45, 2.75) is 26.2 Å². The molecule has 0 aromatic heterocycles. The van der Waals surface area contributed by atoms with E-state index in [1.54, 1.807) is 6.08 Å². The van der Waals surface area contributed by atoms with Crippen LogP contribution in [0.3, 0.4) is 0 Å². The summed E-state index contributed by atoms with van der Waals surface area (Å²) in [6, 6.07) is 9.34. The van der Waals surface area contributed by atoms with Gasteiger partial charge < -0.3 is 0 Å². The second-order valence-electron chi connectivity index (χ2n) is 4.85. The minimum absolute atomic E-state index is 0.234. The molecule has 1 unspecified atom stereocenters. The van der Waals surface area contributed by atoms with Gasteiger partial charge in [-0.25, -0.2) is 0 Å². The topological polar surface area (TPSA) is 51.2 Å². The van der Waals surface area contributed by atoms with E-state index in [4.69, 9.17) is 0 Å². The van der Waals surface area contributed by atoms with Crippen LogP contribution in [0.1, 0.15) is 31.7 Å². The summed E-state index contributed by atoms with van der Waals surface area (Å²) in [4.78, 5) is 35.9. The fourth-order valence-corrected chi connectivity index (χ4v) is 2.55. The molecule has 3 nitrogen and oxygen atoms in total. The fourth-order valence-electron chi connectivity index (χ4n) is 2.55. The Kier molecular flexibility index (Phi) is 3.74. The molecule has 0 spiro atoms. The molecule has 0 radical (unpaired) electrons. The van der Waals surface area contributed by atoms with E-state index in [0.717, 1.165) is 5.56 Å². The molecule has 1 aliphatic carbocycles. The first-order valence-corrected chi connectivity index (χ1v) is 6.39. The van der Waals surface area contributed by atoms with Crippen LogP contribution in [-0.4, -0.2) is 17.3 Å². The summed E-state index contributed by atoms with van der Waals surface area (Å²) in [6.07, 6.45) is 4.30. The summed E-state index contributed by atoms with van der Waals surface area (Å²) in [5.74, 6) is -0.952. The number of hydrogen-bond acceptors (Lipinski definition) is 3. The smallest absolute Gasteiger partial charge is 0.176 e. The molecule has 1 aromatic rings. The van der Waals surface area contributed by atoms with E-state index in [-0.39, 0.29) is 17.3 Å². The van der Waals surface area contributed by atoms with E-state index in [2.05, 4.69) is 0 Å². The average molecular weight is 256 g/mol. The lowest BCUT2D eigenvalue weighted by Gasteiger charge is -2.20. The van der Waals surface area contributed by atoms with Gasteiger partial charge >= 0.3 is 0 Å². The van der Waals surface area contributed by atoms with Crippen LogP contribution in [-0.2, 0) is 14.4 Å². The van der Waals surface area contributed by atoms with Gasteiger partial charge in [0.15, 0.2) is 17.3 Å². The number of allylic oxidation sites excluding steroid dienone is 1. The lowest BCUT2D eigenvalue weighted by Crippen LogP contribution is -2.40. The largest absolute Gasteiger partial charge is 0.298 e. The first-order chi connectivity index (χ1) is 9.07. The maximum atomic E-state index is 12.3. The van der Waals surface area contributed by atoms with Crippen molar-refractivity contribution in [2.75, 3.05) is 0 Å². The second-order valence-corrected chi connectivity index (χ2v) is 4.85. The summed E-state index contributed by atoms with van der Waals surface area (Å²) in [5, 5.41) is 0. The lowest BCUT2D eigenvalue weighted by atomic mass is 9.77. The quantitative estimate of drug-likeness (QED) is 0.614. The molecule has 0 aliphatic heterocycles. The molecule has 3 heteroatoms. The number of rotatable bonds is 4. The highest BCUT2D eigenvalue weighted by molar-refractivity contribution is 6.28. The summed E-state index contributed by atoms with van der Waals surface area (Å²) in [7, 11) is 0. The minimum atomic E-state index is -1.41. The van der Waals surface area contributed by atoms with Crippen LogP contribution in [0.2, 0.25) is 0 Å². The Hall–Kier alpha value is -2.03. The Balaban J connectivity index is 2.25. The number of hydrogen-bond donors (Lipinski definition) is 0. The third-order valence-corrected chi connectivity index (χ3v) is 3.68. The predicted octanol–water partition coefficient (Wildman–Crippen LogP) is 2.60. The lowest BCUT2D eigenvalue weighted by molar-refractivity contribution is -0.144. The van der Waals surface area contributed by atoms with Crippen molar-refractivity contribution in [3.05, 3.63) is 42.0 Å². The number of benzene rings is 1. The average Bonchev–Trinajstić information content (AvgIpc) is 2.80. The van der Waals surface area contributed by atoms with Gasteiger partial charge in [-0.05, 0) is 31.4 Å². The van der Waals surface area contributed by atoms with Gasteiger partial charge in [0, 0.05) is 6.42 Å². The molecule has 0 saturated heterocycles. The van der Waals surface area contributed by atoms with E-state index in [9.17, 15) is 14.4 Å². The van der Waals surface area contributed by atoms with E-state index >= 15 is 0 Å².